The Hall–Kier alpha value is -1.85. The summed E-state index contributed by atoms with van der Waals surface area (Å²) in [6.45, 7) is 0. The summed E-state index contributed by atoms with van der Waals surface area (Å²) in [4.78, 5) is 0. The molecule has 0 saturated heterocycles. The molecule has 0 spiro atoms. The molecule has 2 aromatic rings. The summed E-state index contributed by atoms with van der Waals surface area (Å²) in [5.41, 5.74) is 0.202. The van der Waals surface area contributed by atoms with Crippen LogP contribution in [0.4, 0.5) is 17.6 Å². The van der Waals surface area contributed by atoms with Gasteiger partial charge in [0, 0.05) is 5.56 Å². The van der Waals surface area contributed by atoms with Crippen molar-refractivity contribution in [1.29, 1.82) is 0 Å². The fourth-order valence-corrected chi connectivity index (χ4v) is 1.10. The molecule has 0 N–H and O–H groups in total. The molecule has 1 aromatic carbocycles. The third-order valence-corrected chi connectivity index (χ3v) is 1.84. The molecule has 2 nitrogen and oxygen atoms in total. The molecule has 6 heteroatoms. The second-order valence-corrected chi connectivity index (χ2v) is 2.99. The van der Waals surface area contributed by atoms with Gasteiger partial charge in [0.1, 0.15) is 11.5 Å². The summed E-state index contributed by atoms with van der Waals surface area (Å²) in [7, 11) is 0. The van der Waals surface area contributed by atoms with Crippen LogP contribution in [-0.4, -0.2) is 5.16 Å². The minimum Gasteiger partial charge on any atom is -0.350 e. The predicted molar refractivity (Wildman–Crippen MR) is 45.7 cm³/mol. The van der Waals surface area contributed by atoms with Crippen LogP contribution < -0.4 is 0 Å². The third-order valence-electron chi connectivity index (χ3n) is 1.84. The van der Waals surface area contributed by atoms with E-state index < -0.39 is 17.8 Å². The van der Waals surface area contributed by atoms with Crippen LogP contribution in [0.1, 0.15) is 5.76 Å². The van der Waals surface area contributed by atoms with E-state index in [2.05, 4.69) is 9.68 Å². The fraction of sp³-hybridized carbons (Fsp3) is 0.100. The summed E-state index contributed by atoms with van der Waals surface area (Å²) in [5.74, 6) is -1.78. The van der Waals surface area contributed by atoms with Gasteiger partial charge in [-0.2, -0.15) is 13.2 Å². The molecule has 16 heavy (non-hydrogen) atoms. The Bertz CT molecular complexity index is 486. The van der Waals surface area contributed by atoms with Crippen LogP contribution in [0.5, 0.6) is 0 Å². The molecule has 0 fully saturated rings. The summed E-state index contributed by atoms with van der Waals surface area (Å²) >= 11 is 0. The van der Waals surface area contributed by atoms with Gasteiger partial charge in [-0.15, -0.1) is 0 Å². The van der Waals surface area contributed by atoms with E-state index >= 15 is 0 Å². The first-order chi connectivity index (χ1) is 7.47. The second kappa shape index (κ2) is 3.62. The molecule has 0 aliphatic heterocycles. The van der Waals surface area contributed by atoms with E-state index in [9.17, 15) is 17.6 Å². The van der Waals surface area contributed by atoms with Crippen LogP contribution >= 0.6 is 0 Å². The van der Waals surface area contributed by atoms with Crippen molar-refractivity contribution in [1.82, 2.24) is 5.16 Å². The molecule has 83 valence electrons. The molecule has 1 heterocycles. The van der Waals surface area contributed by atoms with Gasteiger partial charge < -0.3 is 4.52 Å². The highest BCUT2D eigenvalue weighted by molar-refractivity contribution is 5.57. The van der Waals surface area contributed by atoms with E-state index in [-0.39, 0.29) is 5.69 Å². The standard InChI is InChI=1S/C10H4F4NO/c11-7-3-1-6(2-4-7)8-5-9(16-15-8)10(12,13)14/h1-4H. The van der Waals surface area contributed by atoms with Crippen molar-refractivity contribution in [2.45, 2.75) is 6.18 Å². The van der Waals surface area contributed by atoms with E-state index in [4.69, 9.17) is 0 Å². The maximum atomic E-state index is 12.6. The highest BCUT2D eigenvalue weighted by atomic mass is 19.4. The van der Waals surface area contributed by atoms with E-state index in [1.807, 2.05) is 6.07 Å². The van der Waals surface area contributed by atoms with Crippen LogP contribution in [0.25, 0.3) is 11.3 Å². The Morgan fingerprint density at radius 1 is 1.12 bits per heavy atom. The molecular formula is C10H4F4NO. The van der Waals surface area contributed by atoms with E-state index in [1.54, 1.807) is 0 Å². The second-order valence-electron chi connectivity index (χ2n) is 2.99. The van der Waals surface area contributed by atoms with Crippen molar-refractivity contribution < 1.29 is 22.1 Å². The van der Waals surface area contributed by atoms with E-state index in [1.165, 1.54) is 12.1 Å². The summed E-state index contributed by atoms with van der Waals surface area (Å²) < 4.78 is 53.1. The highest BCUT2D eigenvalue weighted by Crippen LogP contribution is 2.31. The lowest BCUT2D eigenvalue weighted by molar-refractivity contribution is -0.155. The van der Waals surface area contributed by atoms with E-state index in [0.29, 0.717) is 5.56 Å². The van der Waals surface area contributed by atoms with Gasteiger partial charge in [-0.25, -0.2) is 4.39 Å². The van der Waals surface area contributed by atoms with Crippen LogP contribution in [0.2, 0.25) is 0 Å². The highest BCUT2D eigenvalue weighted by Gasteiger charge is 2.36. The lowest BCUT2D eigenvalue weighted by atomic mass is 10.1. The van der Waals surface area contributed by atoms with Gasteiger partial charge in [0.25, 0.3) is 0 Å². The Balaban J connectivity index is 2.35. The average Bonchev–Trinajstić information content (AvgIpc) is 2.67. The van der Waals surface area contributed by atoms with Gasteiger partial charge in [-0.3, -0.25) is 0 Å². The minimum absolute atomic E-state index is 0.104. The molecule has 0 aliphatic rings. The molecule has 0 amide bonds. The first-order valence-corrected chi connectivity index (χ1v) is 4.19. The Morgan fingerprint density at radius 2 is 1.75 bits per heavy atom. The normalized spacial score (nSPS) is 11.8. The molecule has 0 aliphatic carbocycles. The van der Waals surface area contributed by atoms with Crippen molar-refractivity contribution in [3.63, 3.8) is 0 Å². The van der Waals surface area contributed by atoms with Crippen molar-refractivity contribution in [2.75, 3.05) is 0 Å². The van der Waals surface area contributed by atoms with Crippen molar-refractivity contribution in [3.8, 4) is 11.3 Å². The van der Waals surface area contributed by atoms with Gasteiger partial charge >= 0.3 is 6.18 Å². The van der Waals surface area contributed by atoms with Gasteiger partial charge in [0.15, 0.2) is 0 Å². The van der Waals surface area contributed by atoms with E-state index in [0.717, 1.165) is 12.1 Å². The molecule has 0 atom stereocenters. The zero-order chi connectivity index (χ0) is 11.8. The van der Waals surface area contributed by atoms with Crippen LogP contribution in [-0.2, 0) is 6.18 Å². The van der Waals surface area contributed by atoms with Gasteiger partial charge in [-0.05, 0) is 24.3 Å². The number of halogens is 4. The lowest BCUT2D eigenvalue weighted by Crippen LogP contribution is -2.02. The molecule has 1 aromatic heterocycles. The number of aromatic nitrogens is 1. The van der Waals surface area contributed by atoms with Crippen LogP contribution in [0, 0.1) is 11.9 Å². The molecule has 0 unspecified atom stereocenters. The zero-order valence-electron chi connectivity index (χ0n) is 7.68. The molecule has 0 saturated carbocycles. The zero-order valence-corrected chi connectivity index (χ0v) is 7.68. The number of benzene rings is 1. The first-order valence-electron chi connectivity index (χ1n) is 4.19. The number of nitrogens with zero attached hydrogens (tertiary/aromatic N) is 1. The predicted octanol–water partition coefficient (Wildman–Crippen LogP) is 3.30. The quantitative estimate of drug-likeness (QED) is 0.702. The maximum absolute atomic E-state index is 12.6. The fourth-order valence-electron chi connectivity index (χ4n) is 1.10. The third kappa shape index (κ3) is 2.05. The summed E-state index contributed by atoms with van der Waals surface area (Å²) in [6, 6.07) is 6.79. The van der Waals surface area contributed by atoms with Gasteiger partial charge in [-0.1, -0.05) is 5.16 Å². The topological polar surface area (TPSA) is 26.0 Å². The molecule has 2 rings (SSSR count). The molecule has 1 radical (unpaired) electrons. The average molecular weight is 230 g/mol. The van der Waals surface area contributed by atoms with Crippen LogP contribution in [0.15, 0.2) is 28.8 Å². The Labute approximate surface area is 87.5 Å². The Kier molecular flexibility index (Phi) is 2.41. The summed E-state index contributed by atoms with van der Waals surface area (Å²) in [5, 5.41) is 3.21. The number of alkyl halides is 3. The Morgan fingerprint density at radius 3 is 2.25 bits per heavy atom. The number of rotatable bonds is 1. The maximum Gasteiger partial charge on any atom is 0.453 e. The molecular weight excluding hydrogens is 226 g/mol. The summed E-state index contributed by atoms with van der Waals surface area (Å²) in [6.07, 6.45) is -4.62. The lowest BCUT2D eigenvalue weighted by Gasteiger charge is -1.97. The number of hydrogen-bond donors (Lipinski definition) is 0. The van der Waals surface area contributed by atoms with Crippen molar-refractivity contribution >= 4 is 0 Å². The smallest absolute Gasteiger partial charge is 0.350 e. The largest absolute Gasteiger partial charge is 0.453 e. The SMILES string of the molecule is Fc1ccc(-c2[c]c(C(F)(F)F)on2)cc1. The monoisotopic (exact) mass is 230 g/mol. The molecule has 0 bridgehead atoms. The van der Waals surface area contributed by atoms with Gasteiger partial charge in [0.05, 0.1) is 6.07 Å². The first kappa shape index (κ1) is 10.7. The minimum atomic E-state index is -4.62. The van der Waals surface area contributed by atoms with Gasteiger partial charge in [0.2, 0.25) is 5.76 Å². The number of hydrogen-bond acceptors (Lipinski definition) is 2. The van der Waals surface area contributed by atoms with Crippen LogP contribution in [0.3, 0.4) is 0 Å². The van der Waals surface area contributed by atoms with Crippen molar-refractivity contribution in [2.24, 2.45) is 0 Å². The van der Waals surface area contributed by atoms with Crippen molar-refractivity contribution in [3.05, 3.63) is 41.9 Å².